The van der Waals surface area contributed by atoms with Crippen LogP contribution in [-0.4, -0.2) is 57.6 Å². The number of H-pyrrole nitrogens is 1. The number of aromatic nitrogens is 2. The van der Waals surface area contributed by atoms with E-state index in [2.05, 4.69) is 21.5 Å². The molecular weight excluding hydrogens is 400 g/mol. The standard InChI is InChI=1S/C22H32N4O3S/c1-22(2,3)29-21(28)26-12-9-15(10-13-26)20(27)25-18(11-14-30-4)19-23-16-7-5-6-8-17(16)24-19/h5-8,15,18H,9-14H2,1-4H3,(H,23,24)(H,25,27). The number of likely N-dealkylation sites (tertiary alicyclic amines) is 1. The highest BCUT2D eigenvalue weighted by atomic mass is 32.2. The van der Waals surface area contributed by atoms with Gasteiger partial charge in [-0.05, 0) is 64.2 Å². The highest BCUT2D eigenvalue weighted by Crippen LogP contribution is 2.24. The number of amides is 2. The Kier molecular flexibility index (Phi) is 7.28. The van der Waals surface area contributed by atoms with Gasteiger partial charge in [0.25, 0.3) is 0 Å². The maximum Gasteiger partial charge on any atom is 0.410 e. The third-order valence-corrected chi connectivity index (χ3v) is 5.83. The van der Waals surface area contributed by atoms with Crippen molar-refractivity contribution in [2.45, 2.75) is 51.7 Å². The summed E-state index contributed by atoms with van der Waals surface area (Å²) in [5, 5.41) is 3.20. The Morgan fingerprint density at radius 1 is 1.30 bits per heavy atom. The largest absolute Gasteiger partial charge is 0.444 e. The number of ether oxygens (including phenoxy) is 1. The average molecular weight is 433 g/mol. The highest BCUT2D eigenvalue weighted by Gasteiger charge is 2.31. The number of benzene rings is 1. The number of thioether (sulfide) groups is 1. The Labute approximate surface area is 182 Å². The molecule has 3 rings (SSSR count). The fourth-order valence-electron chi connectivity index (χ4n) is 3.59. The first-order valence-corrected chi connectivity index (χ1v) is 11.9. The van der Waals surface area contributed by atoms with Gasteiger partial charge in [-0.2, -0.15) is 11.8 Å². The van der Waals surface area contributed by atoms with E-state index in [1.165, 1.54) is 0 Å². The smallest absolute Gasteiger partial charge is 0.410 e. The zero-order valence-electron chi connectivity index (χ0n) is 18.2. The molecule has 2 N–H and O–H groups in total. The van der Waals surface area contributed by atoms with Crippen molar-refractivity contribution in [3.63, 3.8) is 0 Å². The van der Waals surface area contributed by atoms with Crippen LogP contribution in [0.2, 0.25) is 0 Å². The molecule has 2 amide bonds. The summed E-state index contributed by atoms with van der Waals surface area (Å²) in [7, 11) is 0. The lowest BCUT2D eigenvalue weighted by molar-refractivity contribution is -0.127. The van der Waals surface area contributed by atoms with Crippen LogP contribution in [0.15, 0.2) is 24.3 Å². The van der Waals surface area contributed by atoms with Crippen LogP contribution in [0, 0.1) is 5.92 Å². The summed E-state index contributed by atoms with van der Waals surface area (Å²) in [6, 6.07) is 7.74. The molecule has 8 heteroatoms. The summed E-state index contributed by atoms with van der Waals surface area (Å²) in [5.41, 5.74) is 1.37. The Balaban J connectivity index is 1.60. The number of aromatic amines is 1. The first kappa shape index (κ1) is 22.5. The molecule has 1 aliphatic heterocycles. The molecule has 0 bridgehead atoms. The molecular formula is C22H32N4O3S. The van der Waals surface area contributed by atoms with Crippen LogP contribution in [0.1, 0.15) is 51.9 Å². The molecule has 1 fully saturated rings. The van der Waals surface area contributed by atoms with Crippen LogP contribution in [0.4, 0.5) is 4.79 Å². The van der Waals surface area contributed by atoms with Crippen molar-refractivity contribution in [2.24, 2.45) is 5.92 Å². The van der Waals surface area contributed by atoms with E-state index in [0.29, 0.717) is 25.9 Å². The van der Waals surface area contributed by atoms with E-state index in [1.54, 1.807) is 16.7 Å². The van der Waals surface area contributed by atoms with Gasteiger partial charge in [0, 0.05) is 19.0 Å². The van der Waals surface area contributed by atoms with Crippen molar-refractivity contribution < 1.29 is 14.3 Å². The number of piperidine rings is 1. The molecule has 30 heavy (non-hydrogen) atoms. The number of fused-ring (bicyclic) bond motifs is 1. The van der Waals surface area contributed by atoms with Crippen molar-refractivity contribution in [3.8, 4) is 0 Å². The number of hydrogen-bond acceptors (Lipinski definition) is 5. The van der Waals surface area contributed by atoms with Crippen molar-refractivity contribution in [2.75, 3.05) is 25.1 Å². The highest BCUT2D eigenvalue weighted by molar-refractivity contribution is 7.98. The van der Waals surface area contributed by atoms with E-state index in [1.807, 2.05) is 45.0 Å². The molecule has 7 nitrogen and oxygen atoms in total. The zero-order valence-corrected chi connectivity index (χ0v) is 19.1. The molecule has 0 spiro atoms. The zero-order chi connectivity index (χ0) is 21.7. The van der Waals surface area contributed by atoms with Crippen LogP contribution in [0.3, 0.4) is 0 Å². The van der Waals surface area contributed by atoms with Gasteiger partial charge in [0.15, 0.2) is 0 Å². The molecule has 1 unspecified atom stereocenters. The second kappa shape index (κ2) is 9.73. The molecule has 2 aromatic rings. The van der Waals surface area contributed by atoms with Crippen LogP contribution in [0.5, 0.6) is 0 Å². The van der Waals surface area contributed by atoms with E-state index < -0.39 is 5.60 Å². The lowest BCUT2D eigenvalue weighted by Gasteiger charge is -2.33. The van der Waals surface area contributed by atoms with E-state index in [-0.39, 0.29) is 24.0 Å². The number of carbonyl (C=O) groups is 2. The Bertz CT molecular complexity index is 836. The van der Waals surface area contributed by atoms with Crippen LogP contribution < -0.4 is 5.32 Å². The molecule has 0 aliphatic carbocycles. The van der Waals surface area contributed by atoms with Gasteiger partial charge in [0.05, 0.1) is 17.1 Å². The summed E-state index contributed by atoms with van der Waals surface area (Å²) < 4.78 is 5.44. The van der Waals surface area contributed by atoms with Crippen LogP contribution >= 0.6 is 11.8 Å². The second-order valence-electron chi connectivity index (χ2n) is 8.72. The third-order valence-electron chi connectivity index (χ3n) is 5.18. The maximum atomic E-state index is 13.0. The SMILES string of the molecule is CSCCC(NC(=O)C1CCN(C(=O)OC(C)(C)C)CC1)c1nc2ccccc2[nH]1. The lowest BCUT2D eigenvalue weighted by atomic mass is 9.95. The van der Waals surface area contributed by atoms with Crippen molar-refractivity contribution in [1.82, 2.24) is 20.2 Å². The second-order valence-corrected chi connectivity index (χ2v) is 9.71. The van der Waals surface area contributed by atoms with E-state index in [4.69, 9.17) is 4.74 Å². The third kappa shape index (κ3) is 5.90. The number of imidazole rings is 1. The van der Waals surface area contributed by atoms with Gasteiger partial charge in [0.2, 0.25) is 5.91 Å². The number of carbonyl (C=O) groups excluding carboxylic acids is 2. The Hall–Kier alpha value is -2.22. The lowest BCUT2D eigenvalue weighted by Crippen LogP contribution is -2.45. The van der Waals surface area contributed by atoms with E-state index in [0.717, 1.165) is 29.0 Å². The van der Waals surface area contributed by atoms with Crippen LogP contribution in [-0.2, 0) is 9.53 Å². The molecule has 2 heterocycles. The van der Waals surface area contributed by atoms with Crippen LogP contribution in [0.25, 0.3) is 11.0 Å². The van der Waals surface area contributed by atoms with E-state index >= 15 is 0 Å². The minimum absolute atomic E-state index is 0.0328. The van der Waals surface area contributed by atoms with Gasteiger partial charge < -0.3 is 19.9 Å². The summed E-state index contributed by atoms with van der Waals surface area (Å²) in [5.74, 6) is 1.65. The topological polar surface area (TPSA) is 87.3 Å². The van der Waals surface area contributed by atoms with Gasteiger partial charge in [-0.3, -0.25) is 4.79 Å². The monoisotopic (exact) mass is 432 g/mol. The predicted octanol–water partition coefficient (Wildman–Crippen LogP) is 4.12. The fraction of sp³-hybridized carbons (Fsp3) is 0.591. The molecule has 1 aromatic heterocycles. The predicted molar refractivity (Wildman–Crippen MR) is 121 cm³/mol. The Morgan fingerprint density at radius 2 is 2.00 bits per heavy atom. The van der Waals surface area contributed by atoms with Gasteiger partial charge in [-0.25, -0.2) is 9.78 Å². The summed E-state index contributed by atoms with van der Waals surface area (Å²) >= 11 is 1.75. The average Bonchev–Trinajstić information content (AvgIpc) is 3.14. The number of nitrogens with one attached hydrogen (secondary N) is 2. The summed E-state index contributed by atoms with van der Waals surface area (Å²) in [4.78, 5) is 34.9. The number of para-hydroxylation sites is 2. The van der Waals surface area contributed by atoms with Crippen molar-refractivity contribution in [3.05, 3.63) is 30.1 Å². The molecule has 0 radical (unpaired) electrons. The molecule has 0 saturated carbocycles. The van der Waals surface area contributed by atoms with Gasteiger partial charge >= 0.3 is 6.09 Å². The summed E-state index contributed by atoms with van der Waals surface area (Å²) in [6.07, 6.45) is 3.84. The first-order valence-electron chi connectivity index (χ1n) is 10.5. The quantitative estimate of drug-likeness (QED) is 0.717. The van der Waals surface area contributed by atoms with Gasteiger partial charge in [-0.15, -0.1) is 0 Å². The number of hydrogen-bond donors (Lipinski definition) is 2. The van der Waals surface area contributed by atoms with E-state index in [9.17, 15) is 9.59 Å². The normalized spacial score (nSPS) is 16.5. The van der Waals surface area contributed by atoms with Gasteiger partial charge in [0.1, 0.15) is 11.4 Å². The summed E-state index contributed by atoms with van der Waals surface area (Å²) in [6.45, 7) is 6.65. The molecule has 164 valence electrons. The number of rotatable bonds is 6. The molecule has 1 aliphatic rings. The van der Waals surface area contributed by atoms with Crippen molar-refractivity contribution >= 4 is 34.8 Å². The maximum absolute atomic E-state index is 13.0. The first-order chi connectivity index (χ1) is 14.3. The molecule has 1 atom stereocenters. The van der Waals surface area contributed by atoms with Crippen molar-refractivity contribution in [1.29, 1.82) is 0 Å². The van der Waals surface area contributed by atoms with Gasteiger partial charge in [-0.1, -0.05) is 12.1 Å². The minimum atomic E-state index is -0.512. The Morgan fingerprint density at radius 3 is 2.63 bits per heavy atom. The fourth-order valence-corrected chi connectivity index (χ4v) is 4.06. The molecule has 1 saturated heterocycles. The molecule has 1 aromatic carbocycles. The minimum Gasteiger partial charge on any atom is -0.444 e. The number of nitrogens with zero attached hydrogens (tertiary/aromatic N) is 2.